The van der Waals surface area contributed by atoms with Crippen molar-refractivity contribution >= 4 is 23.7 Å². The fraction of sp³-hybridized carbons (Fsp3) is 0.625. The van der Waals surface area contributed by atoms with Crippen LogP contribution in [0.2, 0.25) is 0 Å². The Morgan fingerprint density at radius 2 is 2.17 bits per heavy atom. The zero-order valence-corrected chi connectivity index (χ0v) is 8.46. The molecule has 2 nitrogen and oxygen atoms in total. The first-order chi connectivity index (χ1) is 5.47. The molecule has 1 N–H and O–H groups in total. The van der Waals surface area contributed by atoms with Crippen molar-refractivity contribution in [1.29, 1.82) is 0 Å². The second kappa shape index (κ2) is 4.80. The van der Waals surface area contributed by atoms with Gasteiger partial charge in [-0.1, -0.05) is 0 Å². The first-order valence-electron chi connectivity index (χ1n) is 4.05. The molecule has 2 heterocycles. The summed E-state index contributed by atoms with van der Waals surface area (Å²) in [5.74, 6) is 0.725. The normalized spacial score (nSPS) is 18.7. The summed E-state index contributed by atoms with van der Waals surface area (Å²) >= 11 is 1.70. The Hall–Kier alpha value is -0.120. The van der Waals surface area contributed by atoms with Gasteiger partial charge >= 0.3 is 0 Å². The number of hydrogen-bond acceptors (Lipinski definition) is 3. The second-order valence-corrected chi connectivity index (χ2v) is 3.66. The highest BCUT2D eigenvalue weighted by atomic mass is 35.5. The average molecular weight is 205 g/mol. The largest absolute Gasteiger partial charge is 0.317 e. The predicted octanol–water partition coefficient (Wildman–Crippen LogP) is 2.03. The van der Waals surface area contributed by atoms with Gasteiger partial charge in [0.05, 0.1) is 11.2 Å². The third-order valence-corrected chi connectivity index (χ3v) is 2.81. The summed E-state index contributed by atoms with van der Waals surface area (Å²) < 4.78 is 0. The molecule has 1 aromatic rings. The zero-order valence-electron chi connectivity index (χ0n) is 6.82. The lowest BCUT2D eigenvalue weighted by Gasteiger charge is -2.20. The van der Waals surface area contributed by atoms with Crippen LogP contribution in [-0.4, -0.2) is 18.1 Å². The Balaban J connectivity index is 0.000000720. The lowest BCUT2D eigenvalue weighted by atomic mass is 9.96. The molecule has 1 fully saturated rings. The number of nitrogens with zero attached hydrogens (tertiary/aromatic N) is 1. The lowest BCUT2D eigenvalue weighted by molar-refractivity contribution is 0.454. The Bertz CT molecular complexity index is 207. The first kappa shape index (κ1) is 9.96. The molecule has 0 radical (unpaired) electrons. The predicted molar refractivity (Wildman–Crippen MR) is 54.2 cm³/mol. The van der Waals surface area contributed by atoms with E-state index in [2.05, 4.69) is 15.7 Å². The first-order valence-corrected chi connectivity index (χ1v) is 5.00. The Kier molecular flexibility index (Phi) is 3.98. The van der Waals surface area contributed by atoms with E-state index in [4.69, 9.17) is 0 Å². The van der Waals surface area contributed by atoms with Gasteiger partial charge in [0.2, 0.25) is 0 Å². The van der Waals surface area contributed by atoms with E-state index in [9.17, 15) is 0 Å². The number of halogens is 1. The van der Waals surface area contributed by atoms with E-state index in [1.54, 1.807) is 11.3 Å². The zero-order chi connectivity index (χ0) is 7.52. The van der Waals surface area contributed by atoms with E-state index in [-0.39, 0.29) is 12.4 Å². The lowest BCUT2D eigenvalue weighted by Crippen LogP contribution is -2.26. The highest BCUT2D eigenvalue weighted by Gasteiger charge is 2.15. The number of rotatable bonds is 1. The maximum atomic E-state index is 4.33. The fourth-order valence-electron chi connectivity index (χ4n) is 1.54. The highest BCUT2D eigenvalue weighted by Crippen LogP contribution is 2.24. The van der Waals surface area contributed by atoms with Crippen LogP contribution in [-0.2, 0) is 0 Å². The molecule has 12 heavy (non-hydrogen) atoms. The van der Waals surface area contributed by atoms with Gasteiger partial charge in [0, 0.05) is 11.3 Å². The molecular weight excluding hydrogens is 192 g/mol. The van der Waals surface area contributed by atoms with Gasteiger partial charge in [0.1, 0.15) is 0 Å². The molecule has 0 aliphatic carbocycles. The fourth-order valence-corrected chi connectivity index (χ4v) is 2.18. The van der Waals surface area contributed by atoms with E-state index >= 15 is 0 Å². The van der Waals surface area contributed by atoms with Gasteiger partial charge < -0.3 is 5.32 Å². The number of piperidine rings is 1. The number of nitrogens with one attached hydrogen (secondary N) is 1. The summed E-state index contributed by atoms with van der Waals surface area (Å²) in [6, 6.07) is 0. The molecule has 68 valence electrons. The molecule has 0 bridgehead atoms. The topological polar surface area (TPSA) is 24.9 Å². The molecule has 2 rings (SSSR count). The monoisotopic (exact) mass is 204 g/mol. The van der Waals surface area contributed by atoms with Crippen LogP contribution in [0.25, 0.3) is 0 Å². The van der Waals surface area contributed by atoms with Gasteiger partial charge in [-0.3, -0.25) is 0 Å². The molecule has 0 spiro atoms. The third-order valence-electron chi connectivity index (χ3n) is 2.21. The second-order valence-electron chi connectivity index (χ2n) is 2.94. The maximum Gasteiger partial charge on any atom is 0.0794 e. The Morgan fingerprint density at radius 1 is 1.42 bits per heavy atom. The van der Waals surface area contributed by atoms with Crippen LogP contribution in [0.4, 0.5) is 0 Å². The van der Waals surface area contributed by atoms with E-state index in [0.29, 0.717) is 0 Å². The minimum Gasteiger partial charge on any atom is -0.317 e. The van der Waals surface area contributed by atoms with Crippen LogP contribution in [0.3, 0.4) is 0 Å². The van der Waals surface area contributed by atoms with Crippen molar-refractivity contribution in [3.8, 4) is 0 Å². The van der Waals surface area contributed by atoms with Crippen LogP contribution in [0.5, 0.6) is 0 Å². The van der Waals surface area contributed by atoms with Crippen molar-refractivity contribution < 1.29 is 0 Å². The third kappa shape index (κ3) is 2.19. The maximum absolute atomic E-state index is 4.33. The van der Waals surface area contributed by atoms with Crippen LogP contribution < -0.4 is 5.32 Å². The summed E-state index contributed by atoms with van der Waals surface area (Å²) in [5, 5.41) is 5.53. The summed E-state index contributed by atoms with van der Waals surface area (Å²) in [7, 11) is 0. The summed E-state index contributed by atoms with van der Waals surface area (Å²) in [6.07, 6.45) is 2.51. The van der Waals surface area contributed by atoms with Gasteiger partial charge in [0.25, 0.3) is 0 Å². The summed E-state index contributed by atoms with van der Waals surface area (Å²) in [5.41, 5.74) is 3.23. The van der Waals surface area contributed by atoms with Crippen molar-refractivity contribution in [2.24, 2.45) is 0 Å². The highest BCUT2D eigenvalue weighted by molar-refractivity contribution is 7.07. The standard InChI is InChI=1S/C8H12N2S.ClH/c1-3-9-4-2-7(1)8-5-11-6-10-8;/h5-7,9H,1-4H2;1H. The van der Waals surface area contributed by atoms with E-state index in [1.165, 1.54) is 18.5 Å². The average Bonchev–Trinajstić information content (AvgIpc) is 2.58. The van der Waals surface area contributed by atoms with Crippen molar-refractivity contribution in [1.82, 2.24) is 10.3 Å². The molecule has 1 saturated heterocycles. The molecule has 0 atom stereocenters. The summed E-state index contributed by atoms with van der Waals surface area (Å²) in [6.45, 7) is 2.31. The molecular formula is C8H13ClN2S. The summed E-state index contributed by atoms with van der Waals surface area (Å²) in [4.78, 5) is 4.33. The van der Waals surface area contributed by atoms with Crippen molar-refractivity contribution in [2.75, 3.05) is 13.1 Å². The molecule has 1 aromatic heterocycles. The molecule has 1 aliphatic rings. The van der Waals surface area contributed by atoms with Crippen LogP contribution in [0, 0.1) is 0 Å². The van der Waals surface area contributed by atoms with Gasteiger partial charge in [-0.25, -0.2) is 4.98 Å². The molecule has 0 saturated carbocycles. The Morgan fingerprint density at radius 3 is 2.75 bits per heavy atom. The van der Waals surface area contributed by atoms with Crippen molar-refractivity contribution in [2.45, 2.75) is 18.8 Å². The number of aromatic nitrogens is 1. The molecule has 4 heteroatoms. The number of hydrogen-bond donors (Lipinski definition) is 1. The minimum atomic E-state index is 0. The van der Waals surface area contributed by atoms with Gasteiger partial charge in [0.15, 0.2) is 0 Å². The van der Waals surface area contributed by atoms with Crippen LogP contribution in [0.15, 0.2) is 10.9 Å². The van der Waals surface area contributed by atoms with E-state index in [1.807, 2.05) is 5.51 Å². The molecule has 0 unspecified atom stereocenters. The molecule has 0 amide bonds. The quantitative estimate of drug-likeness (QED) is 0.758. The van der Waals surface area contributed by atoms with Crippen molar-refractivity contribution in [3.05, 3.63) is 16.6 Å². The molecule has 1 aliphatic heterocycles. The smallest absolute Gasteiger partial charge is 0.0794 e. The van der Waals surface area contributed by atoms with E-state index in [0.717, 1.165) is 19.0 Å². The van der Waals surface area contributed by atoms with Crippen LogP contribution in [0.1, 0.15) is 24.5 Å². The SMILES string of the molecule is Cl.c1nc(C2CCNCC2)cs1. The van der Waals surface area contributed by atoms with Crippen LogP contribution >= 0.6 is 23.7 Å². The Labute approximate surface area is 82.8 Å². The van der Waals surface area contributed by atoms with Gasteiger partial charge in [-0.2, -0.15) is 0 Å². The molecule has 0 aromatic carbocycles. The van der Waals surface area contributed by atoms with Gasteiger partial charge in [-0.05, 0) is 25.9 Å². The number of thiazole rings is 1. The van der Waals surface area contributed by atoms with E-state index < -0.39 is 0 Å². The minimum absolute atomic E-state index is 0. The van der Waals surface area contributed by atoms with Crippen molar-refractivity contribution in [3.63, 3.8) is 0 Å². The van der Waals surface area contributed by atoms with Gasteiger partial charge in [-0.15, -0.1) is 23.7 Å².